The molecule has 0 spiro atoms. The Balaban J connectivity index is 1.96. The maximum Gasteiger partial charge on any atom is 0.408 e. The lowest BCUT2D eigenvalue weighted by atomic mass is 10.2. The third kappa shape index (κ3) is 5.40. The summed E-state index contributed by atoms with van der Waals surface area (Å²) >= 11 is 2.79. The molecule has 124 valence electrons. The number of ether oxygens (including phenoxy) is 1. The van der Waals surface area contributed by atoms with Gasteiger partial charge in [0.2, 0.25) is 0 Å². The molecule has 1 amide bonds. The minimum atomic E-state index is -1.11. The molecule has 0 bridgehead atoms. The van der Waals surface area contributed by atoms with E-state index in [9.17, 15) is 14.7 Å². The molecule has 0 saturated heterocycles. The summed E-state index contributed by atoms with van der Waals surface area (Å²) < 4.78 is 6.89. The van der Waals surface area contributed by atoms with Crippen molar-refractivity contribution in [3.63, 3.8) is 0 Å². The van der Waals surface area contributed by atoms with Crippen molar-refractivity contribution in [2.45, 2.75) is 36.8 Å². The Morgan fingerprint density at radius 1 is 1.39 bits per heavy atom. The van der Waals surface area contributed by atoms with Crippen LogP contribution in [0.1, 0.15) is 20.8 Å². The highest BCUT2D eigenvalue weighted by atomic mass is 32.2. The summed E-state index contributed by atoms with van der Waals surface area (Å²) in [6, 6.07) is 6.66. The molecule has 0 radical (unpaired) electrons. The van der Waals surface area contributed by atoms with Gasteiger partial charge in [0.25, 0.3) is 0 Å². The number of benzene rings is 1. The molecule has 6 nitrogen and oxygen atoms in total. The van der Waals surface area contributed by atoms with Crippen LogP contribution in [-0.4, -0.2) is 39.5 Å². The third-order valence-corrected chi connectivity index (χ3v) is 4.91. The van der Waals surface area contributed by atoms with E-state index in [1.807, 2.05) is 24.3 Å². The summed E-state index contributed by atoms with van der Waals surface area (Å²) in [7, 11) is 0. The number of fused-ring (bicyclic) bond motifs is 1. The van der Waals surface area contributed by atoms with Gasteiger partial charge in [0, 0.05) is 5.75 Å². The van der Waals surface area contributed by atoms with Crippen molar-refractivity contribution in [1.82, 2.24) is 10.3 Å². The van der Waals surface area contributed by atoms with Crippen molar-refractivity contribution in [2.75, 3.05) is 5.75 Å². The summed E-state index contributed by atoms with van der Waals surface area (Å²) in [5.41, 5.74) is 0.208. The van der Waals surface area contributed by atoms with Crippen LogP contribution >= 0.6 is 23.1 Å². The minimum absolute atomic E-state index is 0.175. The normalized spacial score (nSPS) is 12.8. The number of nitrogens with zero attached hydrogens (tertiary/aromatic N) is 1. The van der Waals surface area contributed by atoms with Crippen molar-refractivity contribution in [2.24, 2.45) is 0 Å². The van der Waals surface area contributed by atoms with Gasteiger partial charge >= 0.3 is 12.1 Å². The van der Waals surface area contributed by atoms with Gasteiger partial charge in [0.15, 0.2) is 4.34 Å². The van der Waals surface area contributed by atoms with Gasteiger partial charge in [-0.15, -0.1) is 11.3 Å². The number of aliphatic carboxylic acids is 1. The Morgan fingerprint density at radius 2 is 2.09 bits per heavy atom. The Kier molecular flexibility index (Phi) is 5.48. The number of nitrogens with one attached hydrogen (secondary N) is 1. The first kappa shape index (κ1) is 17.6. The fourth-order valence-corrected chi connectivity index (χ4v) is 3.80. The zero-order valence-corrected chi connectivity index (χ0v) is 14.7. The predicted molar refractivity (Wildman–Crippen MR) is 91.1 cm³/mol. The monoisotopic (exact) mass is 354 g/mol. The third-order valence-electron chi connectivity index (χ3n) is 2.64. The van der Waals surface area contributed by atoms with E-state index in [2.05, 4.69) is 10.3 Å². The van der Waals surface area contributed by atoms with Crippen LogP contribution in [0.25, 0.3) is 10.2 Å². The van der Waals surface area contributed by atoms with Crippen molar-refractivity contribution in [1.29, 1.82) is 0 Å². The molecule has 0 aliphatic heterocycles. The highest BCUT2D eigenvalue weighted by Gasteiger charge is 2.24. The van der Waals surface area contributed by atoms with E-state index >= 15 is 0 Å². The van der Waals surface area contributed by atoms with Crippen LogP contribution in [0.3, 0.4) is 0 Å². The molecule has 0 saturated carbocycles. The number of para-hydroxylation sites is 1. The number of carboxylic acid groups (broad SMARTS) is 1. The summed E-state index contributed by atoms with van der Waals surface area (Å²) in [5, 5.41) is 11.6. The zero-order chi connectivity index (χ0) is 17.0. The molecule has 1 aromatic heterocycles. The number of amides is 1. The van der Waals surface area contributed by atoms with E-state index in [0.29, 0.717) is 0 Å². The van der Waals surface area contributed by atoms with Crippen LogP contribution in [0.2, 0.25) is 0 Å². The predicted octanol–water partition coefficient (Wildman–Crippen LogP) is 3.37. The maximum atomic E-state index is 11.7. The Labute approximate surface area is 142 Å². The number of carboxylic acids is 1. The van der Waals surface area contributed by atoms with Gasteiger partial charge in [-0.05, 0) is 32.9 Å². The lowest BCUT2D eigenvalue weighted by molar-refractivity contribution is -0.138. The van der Waals surface area contributed by atoms with Crippen LogP contribution in [-0.2, 0) is 9.53 Å². The first-order valence-electron chi connectivity index (χ1n) is 6.95. The van der Waals surface area contributed by atoms with Gasteiger partial charge in [-0.25, -0.2) is 14.6 Å². The standard InChI is InChI=1S/C15H18N2O4S2/c1-15(2,3)21-13(20)16-10(12(18)19)8-22-14-17-9-6-4-5-7-11(9)23-14/h4-7,10H,8H2,1-3H3,(H,16,20)(H,18,19). The first-order valence-corrected chi connectivity index (χ1v) is 8.75. The topological polar surface area (TPSA) is 88.5 Å². The molecule has 1 heterocycles. The average molecular weight is 354 g/mol. The molecule has 2 N–H and O–H groups in total. The second kappa shape index (κ2) is 7.18. The lowest BCUT2D eigenvalue weighted by Gasteiger charge is -2.21. The number of alkyl carbamates (subject to hydrolysis) is 1. The number of carbonyl (C=O) groups is 2. The van der Waals surface area contributed by atoms with E-state index in [0.717, 1.165) is 14.6 Å². The molecule has 2 aromatic rings. The zero-order valence-electron chi connectivity index (χ0n) is 13.0. The maximum absolute atomic E-state index is 11.7. The molecule has 1 unspecified atom stereocenters. The molecule has 23 heavy (non-hydrogen) atoms. The first-order chi connectivity index (χ1) is 10.7. The van der Waals surface area contributed by atoms with Gasteiger partial charge in [-0.1, -0.05) is 23.9 Å². The number of rotatable bonds is 5. The van der Waals surface area contributed by atoms with Gasteiger partial charge in [-0.3, -0.25) is 0 Å². The van der Waals surface area contributed by atoms with Crippen molar-refractivity contribution >= 4 is 45.4 Å². The Hall–Kier alpha value is -1.80. The number of hydrogen-bond donors (Lipinski definition) is 2. The molecule has 0 fully saturated rings. The molecule has 0 aliphatic rings. The van der Waals surface area contributed by atoms with E-state index in [4.69, 9.17) is 4.74 Å². The quantitative estimate of drug-likeness (QED) is 0.801. The van der Waals surface area contributed by atoms with E-state index in [1.54, 1.807) is 20.8 Å². The van der Waals surface area contributed by atoms with Gasteiger partial charge in [0.1, 0.15) is 11.6 Å². The van der Waals surface area contributed by atoms with Crippen molar-refractivity contribution in [3.05, 3.63) is 24.3 Å². The molecule has 1 atom stereocenters. The summed E-state index contributed by atoms with van der Waals surface area (Å²) in [6.07, 6.45) is -0.741. The van der Waals surface area contributed by atoms with Crippen molar-refractivity contribution < 1.29 is 19.4 Å². The SMILES string of the molecule is CC(C)(C)OC(=O)NC(CSc1nc2ccccc2s1)C(=O)O. The molecule has 1 aromatic carbocycles. The average Bonchev–Trinajstić information content (AvgIpc) is 2.83. The second-order valence-electron chi connectivity index (χ2n) is 5.80. The molecule has 2 rings (SSSR count). The van der Waals surface area contributed by atoms with Crippen LogP contribution in [0.4, 0.5) is 4.79 Å². The fourth-order valence-electron chi connectivity index (χ4n) is 1.69. The summed E-state index contributed by atoms with van der Waals surface area (Å²) in [4.78, 5) is 27.4. The number of carbonyl (C=O) groups excluding carboxylic acids is 1. The van der Waals surface area contributed by atoms with Gasteiger partial charge in [0.05, 0.1) is 10.2 Å². The Morgan fingerprint density at radius 3 is 2.70 bits per heavy atom. The van der Waals surface area contributed by atoms with Crippen molar-refractivity contribution in [3.8, 4) is 0 Å². The van der Waals surface area contributed by atoms with Crippen LogP contribution < -0.4 is 5.32 Å². The summed E-state index contributed by atoms with van der Waals surface area (Å²) in [5.74, 6) is -0.932. The van der Waals surface area contributed by atoms with Crippen LogP contribution in [0, 0.1) is 0 Å². The number of thiazole rings is 1. The smallest absolute Gasteiger partial charge is 0.408 e. The highest BCUT2D eigenvalue weighted by molar-refractivity contribution is 8.01. The fraction of sp³-hybridized carbons (Fsp3) is 0.400. The van der Waals surface area contributed by atoms with Gasteiger partial charge in [-0.2, -0.15) is 0 Å². The molecule has 0 aliphatic carbocycles. The van der Waals surface area contributed by atoms with E-state index in [1.165, 1.54) is 23.1 Å². The Bertz CT molecular complexity index is 676. The van der Waals surface area contributed by atoms with E-state index in [-0.39, 0.29) is 5.75 Å². The second-order valence-corrected chi connectivity index (χ2v) is 8.09. The van der Waals surface area contributed by atoms with E-state index < -0.39 is 23.7 Å². The number of aromatic nitrogens is 1. The minimum Gasteiger partial charge on any atom is -0.480 e. The molecule has 8 heteroatoms. The molecular weight excluding hydrogens is 336 g/mol. The number of hydrogen-bond acceptors (Lipinski definition) is 6. The number of thioether (sulfide) groups is 1. The van der Waals surface area contributed by atoms with Gasteiger partial charge < -0.3 is 15.2 Å². The lowest BCUT2D eigenvalue weighted by Crippen LogP contribution is -2.44. The molecular formula is C15H18N2O4S2. The van der Waals surface area contributed by atoms with Crippen LogP contribution in [0.15, 0.2) is 28.6 Å². The van der Waals surface area contributed by atoms with Crippen LogP contribution in [0.5, 0.6) is 0 Å². The summed E-state index contributed by atoms with van der Waals surface area (Å²) in [6.45, 7) is 5.16. The largest absolute Gasteiger partial charge is 0.480 e. The highest BCUT2D eigenvalue weighted by Crippen LogP contribution is 2.29.